The van der Waals surface area contributed by atoms with Crippen molar-refractivity contribution in [2.24, 2.45) is 0 Å². The van der Waals surface area contributed by atoms with Crippen LogP contribution in [0.3, 0.4) is 0 Å². The van der Waals surface area contributed by atoms with Gasteiger partial charge in [0.15, 0.2) is 11.2 Å². The average molecular weight is 463 g/mol. The first-order valence-corrected chi connectivity index (χ1v) is 11.0. The van der Waals surface area contributed by atoms with Crippen molar-refractivity contribution in [3.63, 3.8) is 0 Å². The molecule has 0 atom stereocenters. The van der Waals surface area contributed by atoms with E-state index in [9.17, 15) is 9.18 Å². The predicted molar refractivity (Wildman–Crippen MR) is 120 cm³/mol. The molecule has 11 heteroatoms. The number of hydrogen-bond acceptors (Lipinski definition) is 8. The molecule has 0 unspecified atom stereocenters. The molecule has 33 heavy (non-hydrogen) atoms. The van der Waals surface area contributed by atoms with Gasteiger partial charge in [0, 0.05) is 5.75 Å². The normalized spacial score (nSPS) is 11.4. The molecule has 3 heterocycles. The van der Waals surface area contributed by atoms with E-state index in [0.717, 1.165) is 5.56 Å². The summed E-state index contributed by atoms with van der Waals surface area (Å²) in [5.74, 6) is 0.0633. The van der Waals surface area contributed by atoms with E-state index in [4.69, 9.17) is 4.74 Å². The fraction of sp³-hybridized carbons (Fsp3) is 0.182. The summed E-state index contributed by atoms with van der Waals surface area (Å²) >= 11 is 1.46. The van der Waals surface area contributed by atoms with E-state index in [1.165, 1.54) is 45.8 Å². The Labute approximate surface area is 191 Å². The summed E-state index contributed by atoms with van der Waals surface area (Å²) in [6, 6.07) is 14.2. The summed E-state index contributed by atoms with van der Waals surface area (Å²) in [6.45, 7) is 2.04. The number of aromatic nitrogens is 7. The zero-order valence-electron chi connectivity index (χ0n) is 17.8. The van der Waals surface area contributed by atoms with Crippen LogP contribution in [0.5, 0.6) is 0 Å². The Kier molecular flexibility index (Phi) is 5.47. The first-order valence-electron chi connectivity index (χ1n) is 10.0. The van der Waals surface area contributed by atoms with Crippen LogP contribution in [-0.4, -0.2) is 47.7 Å². The van der Waals surface area contributed by atoms with Crippen molar-refractivity contribution in [2.45, 2.75) is 24.3 Å². The van der Waals surface area contributed by atoms with Gasteiger partial charge in [-0.1, -0.05) is 47.7 Å². The third-order valence-corrected chi connectivity index (χ3v) is 5.91. The number of aryl methyl sites for hydroxylation is 1. The van der Waals surface area contributed by atoms with Gasteiger partial charge in [-0.3, -0.25) is 4.79 Å². The highest BCUT2D eigenvalue weighted by atomic mass is 32.2. The summed E-state index contributed by atoms with van der Waals surface area (Å²) in [5, 5.41) is 18.0. The highest BCUT2D eigenvalue weighted by Crippen LogP contribution is 2.24. The number of nitrogens with zero attached hydrogens (tertiary/aromatic N) is 7. The first kappa shape index (κ1) is 21.0. The second kappa shape index (κ2) is 8.58. The van der Waals surface area contributed by atoms with E-state index >= 15 is 0 Å². The van der Waals surface area contributed by atoms with Crippen molar-refractivity contribution in [3.05, 3.63) is 71.2 Å². The molecule has 5 rings (SSSR count). The molecule has 0 saturated heterocycles. The highest BCUT2D eigenvalue weighted by Gasteiger charge is 2.22. The van der Waals surface area contributed by atoms with Gasteiger partial charge in [0.2, 0.25) is 5.16 Å². The van der Waals surface area contributed by atoms with Gasteiger partial charge in [0.25, 0.3) is 5.78 Å². The minimum absolute atomic E-state index is 0.112. The van der Waals surface area contributed by atoms with Crippen LogP contribution in [0.2, 0.25) is 0 Å². The molecule has 9 nitrogen and oxygen atoms in total. The minimum Gasteiger partial charge on any atom is -0.469 e. The lowest BCUT2D eigenvalue weighted by molar-refractivity contribution is -0.139. The number of carbonyl (C=O) groups excluding carboxylic acids is 1. The maximum Gasteiger partial charge on any atom is 0.311 e. The van der Waals surface area contributed by atoms with Crippen molar-refractivity contribution < 1.29 is 13.9 Å². The molecule has 0 bridgehead atoms. The van der Waals surface area contributed by atoms with Gasteiger partial charge in [0.1, 0.15) is 11.5 Å². The fourth-order valence-corrected chi connectivity index (χ4v) is 4.11. The van der Waals surface area contributed by atoms with Crippen LogP contribution in [0, 0.1) is 12.7 Å². The fourth-order valence-electron chi connectivity index (χ4n) is 3.33. The Hall–Kier alpha value is -3.86. The van der Waals surface area contributed by atoms with Crippen LogP contribution in [0.4, 0.5) is 4.39 Å². The SMILES string of the molecule is COC(=O)Cc1nn(-c2cccc(F)c2)c2c1nnc1nc(SCc3ccc(C)cc3)nn12. The second-order valence-electron chi connectivity index (χ2n) is 7.34. The zero-order chi connectivity index (χ0) is 22.9. The molecular weight excluding hydrogens is 445 g/mol. The van der Waals surface area contributed by atoms with E-state index in [2.05, 4.69) is 49.6 Å². The Bertz CT molecular complexity index is 1480. The van der Waals surface area contributed by atoms with Gasteiger partial charge in [-0.05, 0) is 30.7 Å². The molecule has 0 N–H and O–H groups in total. The molecule has 0 aliphatic heterocycles. The van der Waals surface area contributed by atoms with Crippen molar-refractivity contribution in [3.8, 4) is 5.69 Å². The lowest BCUT2D eigenvalue weighted by Crippen LogP contribution is -2.06. The molecular formula is C22H18FN7O2S. The molecule has 3 aromatic heterocycles. The number of thioether (sulfide) groups is 1. The van der Waals surface area contributed by atoms with E-state index in [1.807, 2.05) is 6.92 Å². The molecule has 0 spiro atoms. The predicted octanol–water partition coefficient (Wildman–Crippen LogP) is 3.31. The lowest BCUT2D eigenvalue weighted by atomic mass is 10.2. The Morgan fingerprint density at radius 1 is 1.12 bits per heavy atom. The van der Waals surface area contributed by atoms with Crippen LogP contribution in [0.25, 0.3) is 22.6 Å². The molecule has 0 saturated carbocycles. The van der Waals surface area contributed by atoms with Crippen molar-refractivity contribution in [1.82, 2.24) is 34.6 Å². The number of hydrogen-bond donors (Lipinski definition) is 0. The smallest absolute Gasteiger partial charge is 0.311 e. The average Bonchev–Trinajstić information content (AvgIpc) is 3.40. The number of halogens is 1. The van der Waals surface area contributed by atoms with Crippen molar-refractivity contribution in [2.75, 3.05) is 7.11 Å². The van der Waals surface area contributed by atoms with E-state index in [0.29, 0.717) is 33.5 Å². The largest absolute Gasteiger partial charge is 0.469 e. The van der Waals surface area contributed by atoms with Crippen molar-refractivity contribution >= 4 is 34.7 Å². The monoisotopic (exact) mass is 463 g/mol. The van der Waals surface area contributed by atoms with Crippen molar-refractivity contribution in [1.29, 1.82) is 0 Å². The number of carbonyl (C=O) groups is 1. The molecule has 2 aromatic carbocycles. The van der Waals surface area contributed by atoms with Gasteiger partial charge in [-0.25, -0.2) is 9.07 Å². The second-order valence-corrected chi connectivity index (χ2v) is 8.29. The third-order valence-electron chi connectivity index (χ3n) is 5.00. The minimum atomic E-state index is -0.476. The van der Waals surface area contributed by atoms with Gasteiger partial charge >= 0.3 is 5.97 Å². The van der Waals surface area contributed by atoms with Crippen LogP contribution in [-0.2, 0) is 21.7 Å². The van der Waals surface area contributed by atoms with Gasteiger partial charge < -0.3 is 4.74 Å². The highest BCUT2D eigenvalue weighted by molar-refractivity contribution is 7.98. The summed E-state index contributed by atoms with van der Waals surface area (Å²) in [4.78, 5) is 16.4. The molecule has 166 valence electrons. The Balaban J connectivity index is 1.60. The number of methoxy groups -OCH3 is 1. The number of esters is 1. The molecule has 0 amide bonds. The molecule has 5 aromatic rings. The number of fused-ring (bicyclic) bond motifs is 3. The van der Waals surface area contributed by atoms with Gasteiger partial charge in [-0.15, -0.1) is 15.3 Å². The Morgan fingerprint density at radius 3 is 2.70 bits per heavy atom. The quantitative estimate of drug-likeness (QED) is 0.279. The van der Waals surface area contributed by atoms with Crippen LogP contribution in [0.15, 0.2) is 53.7 Å². The van der Waals surface area contributed by atoms with Gasteiger partial charge in [0.05, 0.1) is 19.2 Å². The topological polar surface area (TPSA) is 100 Å². The van der Waals surface area contributed by atoms with Crippen LogP contribution in [0.1, 0.15) is 16.8 Å². The Morgan fingerprint density at radius 2 is 1.94 bits per heavy atom. The maximum atomic E-state index is 13.9. The van der Waals surface area contributed by atoms with E-state index < -0.39 is 11.8 Å². The first-order chi connectivity index (χ1) is 16.0. The third kappa shape index (κ3) is 4.14. The molecule has 0 aliphatic rings. The van der Waals surface area contributed by atoms with Crippen LogP contribution < -0.4 is 0 Å². The molecule has 0 fully saturated rings. The number of benzene rings is 2. The standard InChI is InChI=1S/C22H18FN7O2S/c1-13-6-8-14(9-7-13)12-33-22-24-21-26-25-19-17(11-18(31)32-2)27-29(20(19)30(21)28-22)16-5-3-4-15(23)10-16/h3-10H,11-12H2,1-2H3. The summed E-state index contributed by atoms with van der Waals surface area (Å²) in [5.41, 5.74) is 3.93. The molecule has 0 aliphatic carbocycles. The molecule has 0 radical (unpaired) electrons. The van der Waals surface area contributed by atoms with E-state index in [1.54, 1.807) is 12.1 Å². The maximum absolute atomic E-state index is 13.9. The number of rotatable bonds is 6. The van der Waals surface area contributed by atoms with Gasteiger partial charge in [-0.2, -0.15) is 14.6 Å². The summed E-state index contributed by atoms with van der Waals surface area (Å²) in [6.07, 6.45) is -0.112. The number of ether oxygens (including phenoxy) is 1. The summed E-state index contributed by atoms with van der Waals surface area (Å²) in [7, 11) is 1.30. The zero-order valence-corrected chi connectivity index (χ0v) is 18.6. The lowest BCUT2D eigenvalue weighted by Gasteiger charge is -2.03. The summed E-state index contributed by atoms with van der Waals surface area (Å²) < 4.78 is 21.7. The van der Waals surface area contributed by atoms with Crippen LogP contribution >= 0.6 is 11.8 Å². The van der Waals surface area contributed by atoms with E-state index in [-0.39, 0.29) is 12.2 Å².